The number of barbiturate groups is 1. The van der Waals surface area contributed by atoms with E-state index in [2.05, 4.69) is 10.6 Å². The van der Waals surface area contributed by atoms with Crippen molar-refractivity contribution in [1.82, 2.24) is 14.8 Å². The van der Waals surface area contributed by atoms with Crippen LogP contribution in [-0.4, -0.2) is 39.3 Å². The lowest BCUT2D eigenvalue weighted by molar-refractivity contribution is -0.131. The number of nitrogens with one attached hydrogen (secondary N) is 2. The molecule has 2 aliphatic rings. The number of urea groups is 1. The van der Waals surface area contributed by atoms with Crippen molar-refractivity contribution >= 4 is 35.5 Å². The molecule has 1 aromatic heterocycles. The van der Waals surface area contributed by atoms with Gasteiger partial charge in [-0.05, 0) is 68.7 Å². The van der Waals surface area contributed by atoms with E-state index in [4.69, 9.17) is 0 Å². The minimum absolute atomic E-state index is 0.0299. The van der Waals surface area contributed by atoms with Gasteiger partial charge in [0.05, 0.1) is 0 Å². The van der Waals surface area contributed by atoms with Gasteiger partial charge in [-0.15, -0.1) is 0 Å². The molecule has 0 bridgehead atoms. The topological polar surface area (TPSA) is 101 Å². The second kappa shape index (κ2) is 8.45. The number of hydrogen-bond acceptors (Lipinski definition) is 4. The third kappa shape index (κ3) is 3.95. The normalized spacial score (nSPS) is 18.4. The van der Waals surface area contributed by atoms with E-state index in [-0.39, 0.29) is 17.5 Å². The van der Waals surface area contributed by atoms with Crippen molar-refractivity contribution < 1.29 is 19.2 Å². The highest BCUT2D eigenvalue weighted by Crippen LogP contribution is 2.29. The van der Waals surface area contributed by atoms with Gasteiger partial charge in [-0.1, -0.05) is 12.8 Å². The molecule has 1 aromatic carbocycles. The number of aromatic nitrogens is 1. The number of rotatable bonds is 4. The van der Waals surface area contributed by atoms with Gasteiger partial charge < -0.3 is 9.88 Å². The Labute approximate surface area is 186 Å². The zero-order chi connectivity index (χ0) is 23.0. The van der Waals surface area contributed by atoms with Gasteiger partial charge in [0, 0.05) is 35.7 Å². The molecule has 2 aromatic rings. The van der Waals surface area contributed by atoms with E-state index in [1.807, 2.05) is 48.7 Å². The number of amides is 5. The molecule has 1 aliphatic heterocycles. The number of imide groups is 2. The van der Waals surface area contributed by atoms with E-state index in [0.29, 0.717) is 5.69 Å². The molecule has 2 N–H and O–H groups in total. The average molecular weight is 434 g/mol. The Morgan fingerprint density at radius 3 is 2.38 bits per heavy atom. The predicted octanol–water partition coefficient (Wildman–Crippen LogP) is 3.46. The molecule has 2 fully saturated rings. The van der Waals surface area contributed by atoms with Crippen LogP contribution in [0.2, 0.25) is 0 Å². The molecule has 8 nitrogen and oxygen atoms in total. The molecule has 32 heavy (non-hydrogen) atoms. The summed E-state index contributed by atoms with van der Waals surface area (Å²) in [6.07, 6.45) is 5.04. The molecule has 1 aliphatic carbocycles. The number of anilines is 1. The molecular weight excluding hydrogens is 408 g/mol. The summed E-state index contributed by atoms with van der Waals surface area (Å²) in [6, 6.07) is 8.53. The molecule has 1 saturated heterocycles. The molecule has 0 radical (unpaired) electrons. The van der Waals surface area contributed by atoms with Gasteiger partial charge in [0.1, 0.15) is 5.57 Å². The van der Waals surface area contributed by atoms with Gasteiger partial charge in [-0.3, -0.25) is 24.6 Å². The summed E-state index contributed by atoms with van der Waals surface area (Å²) in [4.78, 5) is 50.3. The molecule has 166 valence electrons. The third-order valence-corrected chi connectivity index (χ3v) is 6.04. The van der Waals surface area contributed by atoms with E-state index in [1.54, 1.807) is 6.08 Å². The number of carbonyl (C=O) groups is 4. The molecule has 4 rings (SSSR count). The highest BCUT2D eigenvalue weighted by molar-refractivity contribution is 6.31. The van der Waals surface area contributed by atoms with Gasteiger partial charge in [0.25, 0.3) is 11.8 Å². The number of benzene rings is 1. The average Bonchev–Trinajstić information content (AvgIpc) is 3.34. The lowest BCUT2D eigenvalue weighted by Gasteiger charge is -2.31. The fourth-order valence-corrected chi connectivity index (χ4v) is 4.55. The fraction of sp³-hybridized carbons (Fsp3) is 0.333. The summed E-state index contributed by atoms with van der Waals surface area (Å²) in [5.74, 6) is -1.34. The fourth-order valence-electron chi connectivity index (χ4n) is 4.55. The van der Waals surface area contributed by atoms with Crippen molar-refractivity contribution in [2.45, 2.75) is 52.5 Å². The van der Waals surface area contributed by atoms with Gasteiger partial charge in [0.2, 0.25) is 5.91 Å². The van der Waals surface area contributed by atoms with Gasteiger partial charge in [-0.25, -0.2) is 4.79 Å². The van der Waals surface area contributed by atoms with Crippen LogP contribution in [0.15, 0.2) is 35.9 Å². The Morgan fingerprint density at radius 2 is 1.75 bits per heavy atom. The van der Waals surface area contributed by atoms with E-state index < -0.39 is 17.8 Å². The zero-order valence-corrected chi connectivity index (χ0v) is 18.4. The molecule has 5 amide bonds. The second-order valence-electron chi connectivity index (χ2n) is 8.32. The van der Waals surface area contributed by atoms with Crippen molar-refractivity contribution in [3.63, 3.8) is 0 Å². The number of nitrogens with zero attached hydrogens (tertiary/aromatic N) is 2. The van der Waals surface area contributed by atoms with Crippen LogP contribution in [0, 0.1) is 13.8 Å². The molecule has 1 saturated carbocycles. The van der Waals surface area contributed by atoms with E-state index >= 15 is 0 Å². The van der Waals surface area contributed by atoms with Gasteiger partial charge in [-0.2, -0.15) is 0 Å². The lowest BCUT2D eigenvalue weighted by Crippen LogP contribution is -2.57. The van der Waals surface area contributed by atoms with Crippen LogP contribution in [0.4, 0.5) is 10.5 Å². The van der Waals surface area contributed by atoms with Crippen molar-refractivity contribution in [1.29, 1.82) is 0 Å². The van der Waals surface area contributed by atoms with Crippen LogP contribution in [0.25, 0.3) is 11.8 Å². The lowest BCUT2D eigenvalue weighted by atomic mass is 10.1. The van der Waals surface area contributed by atoms with E-state index in [0.717, 1.165) is 48.3 Å². The number of hydrogen-bond donors (Lipinski definition) is 2. The Balaban J connectivity index is 1.67. The summed E-state index contributed by atoms with van der Waals surface area (Å²) in [6.45, 7) is 5.30. The molecule has 8 heteroatoms. The minimum Gasteiger partial charge on any atom is -0.326 e. The maximum absolute atomic E-state index is 13.1. The predicted molar refractivity (Wildman–Crippen MR) is 120 cm³/mol. The molecule has 0 atom stereocenters. The summed E-state index contributed by atoms with van der Waals surface area (Å²) < 4.78 is 2.01. The summed E-state index contributed by atoms with van der Waals surface area (Å²) in [5, 5.41) is 5.06. The van der Waals surface area contributed by atoms with E-state index in [1.165, 1.54) is 11.8 Å². The monoisotopic (exact) mass is 434 g/mol. The Bertz CT molecular complexity index is 1140. The Morgan fingerprint density at radius 1 is 1.09 bits per heavy atom. The van der Waals surface area contributed by atoms with Crippen molar-refractivity contribution in [2.24, 2.45) is 0 Å². The SMILES string of the molecule is CC(=O)Nc1ccc(-n2c(C)cc(/C=C3\C(=O)NC(=O)N(C4CCCC4)C3=O)c2C)cc1. The summed E-state index contributed by atoms with van der Waals surface area (Å²) in [7, 11) is 0. The van der Waals surface area contributed by atoms with Crippen molar-refractivity contribution in [3.8, 4) is 5.69 Å². The summed E-state index contributed by atoms with van der Waals surface area (Å²) in [5.41, 5.74) is 4.07. The zero-order valence-electron chi connectivity index (χ0n) is 18.4. The molecular formula is C24H26N4O4. The quantitative estimate of drug-likeness (QED) is 0.568. The molecule has 0 unspecified atom stereocenters. The standard InChI is InChI=1S/C24H26N4O4/c1-14-12-17(15(2)27(14)20-10-8-18(9-11-20)25-16(3)29)13-21-22(30)26-24(32)28(23(21)31)19-6-4-5-7-19/h8-13,19H,4-7H2,1-3H3,(H,25,29)(H,26,30,32)/b21-13+. The van der Waals surface area contributed by atoms with E-state index in [9.17, 15) is 19.2 Å². The maximum atomic E-state index is 13.1. The second-order valence-corrected chi connectivity index (χ2v) is 8.32. The highest BCUT2D eigenvalue weighted by atomic mass is 16.2. The number of carbonyl (C=O) groups excluding carboxylic acids is 4. The molecule has 2 heterocycles. The van der Waals surface area contributed by atoms with Crippen LogP contribution in [-0.2, 0) is 14.4 Å². The smallest absolute Gasteiger partial charge is 0.326 e. The minimum atomic E-state index is -0.668. The van der Waals surface area contributed by atoms with Crippen molar-refractivity contribution in [2.75, 3.05) is 5.32 Å². The molecule has 0 spiro atoms. The summed E-state index contributed by atoms with van der Waals surface area (Å²) >= 11 is 0. The Hall–Kier alpha value is -3.68. The Kier molecular flexibility index (Phi) is 5.69. The van der Waals surface area contributed by atoms with Crippen LogP contribution in [0.5, 0.6) is 0 Å². The first kappa shape index (κ1) is 21.5. The van der Waals surface area contributed by atoms with Crippen LogP contribution < -0.4 is 10.6 Å². The van der Waals surface area contributed by atoms with Crippen molar-refractivity contribution in [3.05, 3.63) is 52.9 Å². The first-order chi connectivity index (χ1) is 15.3. The van der Waals surface area contributed by atoms with Crippen LogP contribution >= 0.6 is 0 Å². The first-order valence-electron chi connectivity index (χ1n) is 10.7. The van der Waals surface area contributed by atoms with Crippen LogP contribution in [0.1, 0.15) is 49.6 Å². The number of aryl methyl sites for hydroxylation is 1. The largest absolute Gasteiger partial charge is 0.331 e. The third-order valence-electron chi connectivity index (χ3n) is 6.04. The first-order valence-corrected chi connectivity index (χ1v) is 10.7. The highest BCUT2D eigenvalue weighted by Gasteiger charge is 2.40. The maximum Gasteiger partial charge on any atom is 0.331 e. The van der Waals surface area contributed by atoms with Gasteiger partial charge >= 0.3 is 6.03 Å². The van der Waals surface area contributed by atoms with Crippen LogP contribution in [0.3, 0.4) is 0 Å². The van der Waals surface area contributed by atoms with Gasteiger partial charge in [0.15, 0.2) is 0 Å².